The first kappa shape index (κ1) is 22.6. The number of amidine groups is 1. The van der Waals surface area contributed by atoms with Crippen LogP contribution >= 0.6 is 23.4 Å². The molecule has 168 valence electrons. The normalized spacial score (nSPS) is 16.4. The highest BCUT2D eigenvalue weighted by Gasteiger charge is 2.34. The van der Waals surface area contributed by atoms with Gasteiger partial charge in [0, 0.05) is 28.8 Å². The predicted molar refractivity (Wildman–Crippen MR) is 118 cm³/mol. The summed E-state index contributed by atoms with van der Waals surface area (Å²) < 4.78 is 45.5. The van der Waals surface area contributed by atoms with Gasteiger partial charge in [-0.2, -0.15) is 13.2 Å². The Bertz CT molecular complexity index is 1330. The molecule has 3 aromatic rings. The molecular weight excluding hydrogens is 483 g/mol. The summed E-state index contributed by atoms with van der Waals surface area (Å²) in [6.45, 7) is 0. The van der Waals surface area contributed by atoms with E-state index < -0.39 is 22.6 Å². The summed E-state index contributed by atoms with van der Waals surface area (Å²) in [4.78, 5) is 26.8. The average Bonchev–Trinajstić information content (AvgIpc) is 3.35. The van der Waals surface area contributed by atoms with E-state index in [4.69, 9.17) is 16.0 Å². The summed E-state index contributed by atoms with van der Waals surface area (Å²) in [5.74, 6) is 0.0614. The molecule has 7 nitrogen and oxygen atoms in total. The van der Waals surface area contributed by atoms with Crippen LogP contribution in [0.5, 0.6) is 0 Å². The van der Waals surface area contributed by atoms with Gasteiger partial charge < -0.3 is 9.73 Å². The van der Waals surface area contributed by atoms with Crippen LogP contribution in [0.1, 0.15) is 11.3 Å². The number of nitro groups is 1. The molecule has 0 aliphatic carbocycles. The zero-order valence-corrected chi connectivity index (χ0v) is 17.8. The molecule has 0 radical (unpaired) electrons. The van der Waals surface area contributed by atoms with Gasteiger partial charge in [-0.1, -0.05) is 23.7 Å². The maximum atomic E-state index is 13.3. The number of alkyl halides is 3. The van der Waals surface area contributed by atoms with E-state index in [-0.39, 0.29) is 32.2 Å². The molecule has 33 heavy (non-hydrogen) atoms. The Balaban J connectivity index is 1.58. The summed E-state index contributed by atoms with van der Waals surface area (Å²) in [6.07, 6.45) is -3.27. The van der Waals surface area contributed by atoms with Gasteiger partial charge in [-0.15, -0.1) is 0 Å². The van der Waals surface area contributed by atoms with E-state index >= 15 is 0 Å². The van der Waals surface area contributed by atoms with E-state index in [9.17, 15) is 28.1 Å². The Morgan fingerprint density at radius 3 is 2.67 bits per heavy atom. The average molecular weight is 494 g/mol. The van der Waals surface area contributed by atoms with Gasteiger partial charge in [0.05, 0.1) is 21.1 Å². The van der Waals surface area contributed by atoms with E-state index in [1.165, 1.54) is 30.3 Å². The van der Waals surface area contributed by atoms with Gasteiger partial charge in [0.25, 0.3) is 11.6 Å². The molecule has 0 saturated carbocycles. The zero-order chi connectivity index (χ0) is 23.8. The van der Waals surface area contributed by atoms with Crippen molar-refractivity contribution < 1.29 is 27.3 Å². The minimum Gasteiger partial charge on any atom is -0.457 e. The molecule has 2 aromatic carbocycles. The summed E-state index contributed by atoms with van der Waals surface area (Å²) in [7, 11) is 0. The number of thioether (sulfide) groups is 1. The van der Waals surface area contributed by atoms with Crippen molar-refractivity contribution in [3.8, 4) is 11.3 Å². The number of carbonyl (C=O) groups is 1. The van der Waals surface area contributed by atoms with Crippen LogP contribution in [0.3, 0.4) is 0 Å². The second-order valence-electron chi connectivity index (χ2n) is 6.65. The van der Waals surface area contributed by atoms with E-state index in [1.54, 1.807) is 18.2 Å². The van der Waals surface area contributed by atoms with Crippen molar-refractivity contribution in [3.05, 3.63) is 86.0 Å². The van der Waals surface area contributed by atoms with Crippen LogP contribution in [0.4, 0.5) is 24.5 Å². The lowest BCUT2D eigenvalue weighted by molar-refractivity contribution is -0.384. The molecule has 1 fully saturated rings. The first-order chi connectivity index (χ1) is 15.6. The fourth-order valence-electron chi connectivity index (χ4n) is 2.91. The molecule has 1 aliphatic heterocycles. The van der Waals surface area contributed by atoms with Gasteiger partial charge >= 0.3 is 6.18 Å². The maximum Gasteiger partial charge on any atom is 0.418 e. The van der Waals surface area contributed by atoms with Crippen molar-refractivity contribution in [2.45, 2.75) is 6.18 Å². The molecule has 4 rings (SSSR count). The van der Waals surface area contributed by atoms with Crippen molar-refractivity contribution >= 4 is 51.9 Å². The maximum absolute atomic E-state index is 13.3. The van der Waals surface area contributed by atoms with Crippen LogP contribution in [0.25, 0.3) is 17.4 Å². The highest BCUT2D eigenvalue weighted by atomic mass is 35.5. The molecule has 0 unspecified atom stereocenters. The fraction of sp³-hybridized carbons (Fsp3) is 0.0476. The Morgan fingerprint density at radius 2 is 1.94 bits per heavy atom. The van der Waals surface area contributed by atoms with Gasteiger partial charge in [0.15, 0.2) is 5.17 Å². The SMILES string of the molecule is O=C1NC(=Nc2ccc(Cl)cc2C(F)(F)F)S/C1=C/c1ccc(-c2cccc([N+](=O)[O-])c2)o1. The molecule has 1 N–H and O–H groups in total. The van der Waals surface area contributed by atoms with Crippen molar-refractivity contribution in [2.24, 2.45) is 4.99 Å². The molecule has 0 atom stereocenters. The standard InChI is InChI=1S/C21H11ClF3N3O4S/c22-12-4-6-16(15(9-12)21(23,24)25)26-20-27-19(29)18(33-20)10-14-5-7-17(32-14)11-2-1-3-13(8-11)28(30)31/h1-10H,(H,26,27,29)/b18-10+. The summed E-state index contributed by atoms with van der Waals surface area (Å²) in [5, 5.41) is 13.2. The van der Waals surface area contributed by atoms with E-state index in [0.29, 0.717) is 11.3 Å². The van der Waals surface area contributed by atoms with E-state index in [0.717, 1.165) is 23.9 Å². The number of nitrogens with zero attached hydrogens (tertiary/aromatic N) is 2. The first-order valence-electron chi connectivity index (χ1n) is 9.11. The van der Waals surface area contributed by atoms with Crippen LogP contribution in [0.2, 0.25) is 5.02 Å². The summed E-state index contributed by atoms with van der Waals surface area (Å²) >= 11 is 6.51. The second kappa shape index (κ2) is 8.75. The molecule has 1 aliphatic rings. The molecule has 2 heterocycles. The Morgan fingerprint density at radius 1 is 1.15 bits per heavy atom. The van der Waals surface area contributed by atoms with Crippen LogP contribution in [0, 0.1) is 10.1 Å². The molecule has 1 saturated heterocycles. The number of non-ortho nitro benzene ring substituents is 1. The monoisotopic (exact) mass is 493 g/mol. The highest BCUT2D eigenvalue weighted by Crippen LogP contribution is 2.39. The van der Waals surface area contributed by atoms with Crippen LogP contribution in [0.15, 0.2) is 68.9 Å². The number of nitrogens with one attached hydrogen (secondary N) is 1. The number of furan rings is 1. The number of benzene rings is 2. The quantitative estimate of drug-likeness (QED) is 0.257. The van der Waals surface area contributed by atoms with Crippen molar-refractivity contribution in [2.75, 3.05) is 0 Å². The predicted octanol–water partition coefficient (Wildman–Crippen LogP) is 6.42. The first-order valence-corrected chi connectivity index (χ1v) is 10.3. The smallest absolute Gasteiger partial charge is 0.418 e. The molecule has 1 amide bonds. The van der Waals surface area contributed by atoms with Gasteiger partial charge in [-0.25, -0.2) is 4.99 Å². The third-order valence-electron chi connectivity index (χ3n) is 4.38. The molecule has 0 bridgehead atoms. The number of nitro benzene ring substituents is 1. The largest absolute Gasteiger partial charge is 0.457 e. The Kier molecular flexibility index (Phi) is 6.00. The Labute approximate surface area is 193 Å². The van der Waals surface area contributed by atoms with E-state index in [2.05, 4.69) is 10.3 Å². The molecule has 0 spiro atoms. The third-order valence-corrected chi connectivity index (χ3v) is 5.52. The van der Waals surface area contributed by atoms with Crippen LogP contribution in [-0.4, -0.2) is 16.0 Å². The number of rotatable bonds is 4. The van der Waals surface area contributed by atoms with Gasteiger partial charge in [0.1, 0.15) is 11.5 Å². The van der Waals surface area contributed by atoms with Gasteiger partial charge in [-0.05, 0) is 42.1 Å². The van der Waals surface area contributed by atoms with Crippen molar-refractivity contribution in [1.29, 1.82) is 0 Å². The van der Waals surface area contributed by atoms with Crippen molar-refractivity contribution in [3.63, 3.8) is 0 Å². The zero-order valence-electron chi connectivity index (χ0n) is 16.2. The van der Waals surface area contributed by atoms with Crippen molar-refractivity contribution in [1.82, 2.24) is 5.32 Å². The highest BCUT2D eigenvalue weighted by molar-refractivity contribution is 8.18. The fourth-order valence-corrected chi connectivity index (χ4v) is 3.90. The minimum atomic E-state index is -4.67. The van der Waals surface area contributed by atoms with Gasteiger partial charge in [0.2, 0.25) is 0 Å². The number of aliphatic imine (C=N–C) groups is 1. The number of amides is 1. The third kappa shape index (κ3) is 5.10. The number of hydrogen-bond donors (Lipinski definition) is 1. The lowest BCUT2D eigenvalue weighted by atomic mass is 10.1. The van der Waals surface area contributed by atoms with Crippen LogP contribution < -0.4 is 5.32 Å². The topological polar surface area (TPSA) is 97.7 Å². The number of carbonyl (C=O) groups excluding carboxylic acids is 1. The summed E-state index contributed by atoms with van der Waals surface area (Å²) in [6, 6.07) is 12.1. The molecule has 12 heteroatoms. The Hall–Kier alpha value is -3.57. The lowest BCUT2D eigenvalue weighted by Crippen LogP contribution is -2.19. The van der Waals surface area contributed by atoms with Gasteiger partial charge in [-0.3, -0.25) is 14.9 Å². The second-order valence-corrected chi connectivity index (χ2v) is 8.12. The number of halogens is 4. The summed E-state index contributed by atoms with van der Waals surface area (Å²) in [5.41, 5.74) is -1.04. The molecule has 1 aromatic heterocycles. The minimum absolute atomic E-state index is 0.0375. The molecular formula is C21H11ClF3N3O4S. The lowest BCUT2D eigenvalue weighted by Gasteiger charge is -2.10. The number of hydrogen-bond acceptors (Lipinski definition) is 6. The van der Waals surface area contributed by atoms with Crippen LogP contribution in [-0.2, 0) is 11.0 Å². The van der Waals surface area contributed by atoms with E-state index in [1.807, 2.05) is 0 Å².